The Morgan fingerprint density at radius 2 is 2.18 bits per heavy atom. The second-order valence-corrected chi connectivity index (χ2v) is 7.02. The summed E-state index contributed by atoms with van der Waals surface area (Å²) in [6.07, 6.45) is 4.01. The first kappa shape index (κ1) is 14.9. The van der Waals surface area contributed by atoms with Crippen molar-refractivity contribution in [1.82, 2.24) is 5.32 Å². The molecule has 3 unspecified atom stereocenters. The van der Waals surface area contributed by atoms with Crippen molar-refractivity contribution >= 4 is 9.84 Å². The van der Waals surface area contributed by atoms with Crippen LogP contribution >= 0.6 is 0 Å². The van der Waals surface area contributed by atoms with Crippen LogP contribution in [-0.4, -0.2) is 57.4 Å². The largest absolute Gasteiger partial charge is 0.391 e. The van der Waals surface area contributed by atoms with Crippen LogP contribution in [0.1, 0.15) is 25.7 Å². The van der Waals surface area contributed by atoms with Gasteiger partial charge in [-0.2, -0.15) is 0 Å². The van der Waals surface area contributed by atoms with E-state index in [1.54, 1.807) is 7.11 Å². The van der Waals surface area contributed by atoms with E-state index in [0.29, 0.717) is 19.6 Å². The van der Waals surface area contributed by atoms with Crippen LogP contribution in [0.4, 0.5) is 0 Å². The fraction of sp³-hybridized carbons (Fsp3) is 1.00. The van der Waals surface area contributed by atoms with Crippen LogP contribution in [0.25, 0.3) is 0 Å². The van der Waals surface area contributed by atoms with Crippen molar-refractivity contribution in [1.29, 1.82) is 0 Å². The number of aliphatic hydroxyl groups is 1. The minimum Gasteiger partial charge on any atom is -0.391 e. The summed E-state index contributed by atoms with van der Waals surface area (Å²) >= 11 is 0. The fourth-order valence-corrected chi connectivity index (χ4v) is 3.81. The number of methoxy groups -OCH3 is 1. The van der Waals surface area contributed by atoms with Crippen molar-refractivity contribution in [2.45, 2.75) is 43.1 Å². The maximum Gasteiger partial charge on any atom is 0.151 e. The van der Waals surface area contributed by atoms with Crippen LogP contribution in [-0.2, 0) is 14.6 Å². The smallest absolute Gasteiger partial charge is 0.151 e. The number of hydrogen-bond acceptors (Lipinski definition) is 5. The Balaban J connectivity index is 2.31. The van der Waals surface area contributed by atoms with Crippen LogP contribution in [0, 0.1) is 0 Å². The van der Waals surface area contributed by atoms with Crippen molar-refractivity contribution in [2.24, 2.45) is 0 Å². The molecule has 102 valence electrons. The highest BCUT2D eigenvalue weighted by Gasteiger charge is 2.34. The molecule has 3 atom stereocenters. The molecule has 1 aliphatic rings. The van der Waals surface area contributed by atoms with E-state index in [1.165, 1.54) is 6.26 Å². The molecule has 0 spiro atoms. The van der Waals surface area contributed by atoms with Crippen molar-refractivity contribution in [3.8, 4) is 0 Å². The number of rotatable bonds is 7. The third-order valence-corrected chi connectivity index (χ3v) is 4.91. The molecule has 0 heterocycles. The summed E-state index contributed by atoms with van der Waals surface area (Å²) < 4.78 is 27.9. The molecule has 0 aromatic carbocycles. The molecule has 1 saturated carbocycles. The lowest BCUT2D eigenvalue weighted by molar-refractivity contribution is 0.0590. The van der Waals surface area contributed by atoms with Crippen molar-refractivity contribution in [3.05, 3.63) is 0 Å². The first-order chi connectivity index (χ1) is 7.95. The van der Waals surface area contributed by atoms with Gasteiger partial charge >= 0.3 is 0 Å². The van der Waals surface area contributed by atoms with E-state index in [-0.39, 0.29) is 11.3 Å². The van der Waals surface area contributed by atoms with Gasteiger partial charge in [-0.3, -0.25) is 0 Å². The number of sulfone groups is 1. The van der Waals surface area contributed by atoms with Gasteiger partial charge in [0, 0.05) is 19.4 Å². The number of aliphatic hydroxyl groups excluding tert-OH is 1. The van der Waals surface area contributed by atoms with Gasteiger partial charge in [0.05, 0.1) is 18.0 Å². The topological polar surface area (TPSA) is 75.6 Å². The highest BCUT2D eigenvalue weighted by molar-refractivity contribution is 7.91. The molecule has 1 fully saturated rings. The molecule has 0 aromatic rings. The van der Waals surface area contributed by atoms with E-state index in [0.717, 1.165) is 19.3 Å². The van der Waals surface area contributed by atoms with Gasteiger partial charge in [0.15, 0.2) is 9.84 Å². The Bertz CT molecular complexity index is 317. The summed E-state index contributed by atoms with van der Waals surface area (Å²) in [6, 6.07) is 0.0414. The molecule has 6 heteroatoms. The van der Waals surface area contributed by atoms with Crippen LogP contribution in [0.3, 0.4) is 0 Å². The van der Waals surface area contributed by atoms with Crippen molar-refractivity contribution in [2.75, 3.05) is 26.5 Å². The molecule has 1 aliphatic carbocycles. The maximum atomic E-state index is 11.5. The minimum atomic E-state index is -2.96. The van der Waals surface area contributed by atoms with Gasteiger partial charge in [0.2, 0.25) is 0 Å². The molecule has 1 rings (SSSR count). The summed E-state index contributed by atoms with van der Waals surface area (Å²) in [5.41, 5.74) is 0. The predicted molar refractivity (Wildman–Crippen MR) is 66.8 cm³/mol. The summed E-state index contributed by atoms with van der Waals surface area (Å²) in [5.74, 6) is 0. The third kappa shape index (κ3) is 4.91. The van der Waals surface area contributed by atoms with Gasteiger partial charge < -0.3 is 15.2 Å². The highest BCUT2D eigenvalue weighted by atomic mass is 32.2. The second-order valence-electron chi connectivity index (χ2n) is 4.76. The highest BCUT2D eigenvalue weighted by Crippen LogP contribution is 2.24. The van der Waals surface area contributed by atoms with E-state index >= 15 is 0 Å². The molecule has 0 saturated heterocycles. The zero-order chi connectivity index (χ0) is 12.9. The summed E-state index contributed by atoms with van der Waals surface area (Å²) in [5, 5.41) is 12.4. The van der Waals surface area contributed by atoms with Gasteiger partial charge in [0.1, 0.15) is 0 Å². The van der Waals surface area contributed by atoms with Crippen molar-refractivity contribution < 1.29 is 18.3 Å². The van der Waals surface area contributed by atoms with Gasteiger partial charge in [-0.1, -0.05) is 6.42 Å². The molecule has 0 amide bonds. The fourth-order valence-electron chi connectivity index (χ4n) is 2.38. The van der Waals surface area contributed by atoms with E-state index in [2.05, 4.69) is 5.32 Å². The number of nitrogens with one attached hydrogen (secondary N) is 1. The normalized spacial score (nSPS) is 27.2. The van der Waals surface area contributed by atoms with Gasteiger partial charge in [-0.15, -0.1) is 0 Å². The molecular weight excluding hydrogens is 242 g/mol. The molecule has 2 N–H and O–H groups in total. The summed E-state index contributed by atoms with van der Waals surface area (Å²) in [4.78, 5) is 0. The molecule has 17 heavy (non-hydrogen) atoms. The minimum absolute atomic E-state index is 0.0414. The van der Waals surface area contributed by atoms with Crippen LogP contribution < -0.4 is 5.32 Å². The van der Waals surface area contributed by atoms with Crippen LogP contribution in [0.15, 0.2) is 0 Å². The summed E-state index contributed by atoms with van der Waals surface area (Å²) in [7, 11) is -1.41. The van der Waals surface area contributed by atoms with Crippen LogP contribution in [0.5, 0.6) is 0 Å². The Kier molecular flexibility index (Phi) is 5.85. The zero-order valence-corrected chi connectivity index (χ0v) is 11.4. The van der Waals surface area contributed by atoms with Crippen LogP contribution in [0.2, 0.25) is 0 Å². The third-order valence-electron chi connectivity index (χ3n) is 3.25. The Hall–Kier alpha value is -0.170. The predicted octanol–water partition coefficient (Wildman–Crippen LogP) is -0.0609. The van der Waals surface area contributed by atoms with E-state index < -0.39 is 15.9 Å². The summed E-state index contributed by atoms with van der Waals surface area (Å²) in [6.45, 7) is 0.947. The lowest BCUT2D eigenvalue weighted by atomic mass is 10.2. The molecule has 0 bridgehead atoms. The van der Waals surface area contributed by atoms with E-state index in [1.807, 2.05) is 0 Å². The first-order valence-electron chi connectivity index (χ1n) is 6.04. The Morgan fingerprint density at radius 3 is 2.76 bits per heavy atom. The van der Waals surface area contributed by atoms with Gasteiger partial charge in [0.25, 0.3) is 0 Å². The maximum absolute atomic E-state index is 11.5. The lowest BCUT2D eigenvalue weighted by Gasteiger charge is -2.20. The van der Waals surface area contributed by atoms with Crippen molar-refractivity contribution in [3.63, 3.8) is 0 Å². The second kappa shape index (κ2) is 6.68. The quantitative estimate of drug-likeness (QED) is 0.674. The number of ether oxygens (including phenoxy) is 1. The average Bonchev–Trinajstić information content (AvgIpc) is 2.65. The lowest BCUT2D eigenvalue weighted by Crippen LogP contribution is -2.41. The van der Waals surface area contributed by atoms with E-state index in [9.17, 15) is 13.5 Å². The molecule has 0 radical (unpaired) electrons. The number of hydrogen-bond donors (Lipinski definition) is 2. The monoisotopic (exact) mass is 265 g/mol. The Morgan fingerprint density at radius 1 is 1.47 bits per heavy atom. The zero-order valence-electron chi connectivity index (χ0n) is 10.6. The van der Waals surface area contributed by atoms with Gasteiger partial charge in [-0.05, 0) is 25.8 Å². The Labute approximate surface area is 103 Å². The average molecular weight is 265 g/mol. The molecular formula is C11H23NO4S. The van der Waals surface area contributed by atoms with Gasteiger partial charge in [-0.25, -0.2) is 8.42 Å². The van der Waals surface area contributed by atoms with E-state index in [4.69, 9.17) is 4.74 Å². The SMILES string of the molecule is COCC(O)CCNC1CCCC1S(C)(=O)=O. The molecule has 0 aromatic heterocycles. The first-order valence-corrected chi connectivity index (χ1v) is 8.00. The standard InChI is InChI=1S/C11H23NO4S/c1-16-8-9(13)6-7-12-10-4-3-5-11(10)17(2,14)15/h9-13H,3-8H2,1-2H3. The molecule has 0 aliphatic heterocycles. The molecule has 5 nitrogen and oxygen atoms in total.